The van der Waals surface area contributed by atoms with Crippen LogP contribution in [0.5, 0.6) is 5.88 Å². The van der Waals surface area contributed by atoms with Gasteiger partial charge in [0.05, 0.1) is 12.2 Å². The summed E-state index contributed by atoms with van der Waals surface area (Å²) in [5.41, 5.74) is 5.64. The number of ether oxygens (including phenoxy) is 3. The fraction of sp³-hybridized carbons (Fsp3) is 0.500. The number of carbonyl (C=O) groups is 1. The molecule has 0 aliphatic rings. The van der Waals surface area contributed by atoms with Gasteiger partial charge in [-0.05, 0) is 12.5 Å². The lowest BCUT2D eigenvalue weighted by molar-refractivity contribution is 0.0696. The molecular formula is C12H18N2O5. The Labute approximate surface area is 111 Å². The molecule has 0 bridgehead atoms. The SMILES string of the molecule is COCCCOCCOc1nccc(C(=O)O)c1N. The molecule has 0 unspecified atom stereocenters. The number of hydrogen-bond acceptors (Lipinski definition) is 6. The number of anilines is 1. The van der Waals surface area contributed by atoms with Crippen molar-refractivity contribution in [3.63, 3.8) is 0 Å². The summed E-state index contributed by atoms with van der Waals surface area (Å²) < 4.78 is 15.4. The Morgan fingerprint density at radius 2 is 2.16 bits per heavy atom. The predicted octanol–water partition coefficient (Wildman–Crippen LogP) is 0.794. The molecule has 1 aromatic rings. The van der Waals surface area contributed by atoms with Gasteiger partial charge in [-0.2, -0.15) is 0 Å². The molecule has 0 amide bonds. The molecule has 3 N–H and O–H groups in total. The Hall–Kier alpha value is -1.86. The highest BCUT2D eigenvalue weighted by atomic mass is 16.5. The van der Waals surface area contributed by atoms with Crippen molar-refractivity contribution in [1.82, 2.24) is 4.98 Å². The normalized spacial score (nSPS) is 10.4. The molecule has 0 aliphatic carbocycles. The first kappa shape index (κ1) is 15.2. The molecule has 0 saturated heterocycles. The number of hydrogen-bond donors (Lipinski definition) is 2. The topological polar surface area (TPSA) is 104 Å². The number of nitrogen functional groups attached to an aromatic ring is 1. The van der Waals surface area contributed by atoms with E-state index in [1.807, 2.05) is 0 Å². The van der Waals surface area contributed by atoms with E-state index in [1.165, 1.54) is 12.3 Å². The van der Waals surface area contributed by atoms with E-state index in [2.05, 4.69) is 4.98 Å². The second-order valence-electron chi connectivity index (χ2n) is 3.69. The molecule has 19 heavy (non-hydrogen) atoms. The van der Waals surface area contributed by atoms with Crippen molar-refractivity contribution in [3.05, 3.63) is 17.8 Å². The highest BCUT2D eigenvalue weighted by Gasteiger charge is 2.12. The lowest BCUT2D eigenvalue weighted by atomic mass is 10.2. The first-order valence-electron chi connectivity index (χ1n) is 5.84. The van der Waals surface area contributed by atoms with Crippen LogP contribution in [0.15, 0.2) is 12.3 Å². The van der Waals surface area contributed by atoms with E-state index in [4.69, 9.17) is 25.1 Å². The van der Waals surface area contributed by atoms with Crippen molar-refractivity contribution in [3.8, 4) is 5.88 Å². The van der Waals surface area contributed by atoms with Crippen molar-refractivity contribution in [2.24, 2.45) is 0 Å². The summed E-state index contributed by atoms with van der Waals surface area (Å²) in [4.78, 5) is 14.7. The fourth-order valence-electron chi connectivity index (χ4n) is 1.36. The highest BCUT2D eigenvalue weighted by molar-refractivity contribution is 5.94. The standard InChI is InChI=1S/C12H18N2O5/c1-17-5-2-6-18-7-8-19-11-10(13)9(12(15)16)3-4-14-11/h3-4H,2,5-8,13H2,1H3,(H,15,16). The van der Waals surface area contributed by atoms with Gasteiger partial charge in [0.15, 0.2) is 0 Å². The maximum absolute atomic E-state index is 10.9. The molecule has 106 valence electrons. The van der Waals surface area contributed by atoms with Crippen molar-refractivity contribution in [2.45, 2.75) is 6.42 Å². The van der Waals surface area contributed by atoms with E-state index >= 15 is 0 Å². The van der Waals surface area contributed by atoms with E-state index < -0.39 is 5.97 Å². The van der Waals surface area contributed by atoms with Crippen LogP contribution < -0.4 is 10.5 Å². The third-order valence-corrected chi connectivity index (χ3v) is 2.29. The van der Waals surface area contributed by atoms with Gasteiger partial charge < -0.3 is 25.1 Å². The minimum absolute atomic E-state index is 0.0222. The van der Waals surface area contributed by atoms with E-state index in [0.717, 1.165) is 6.42 Å². The summed E-state index contributed by atoms with van der Waals surface area (Å²) in [5.74, 6) is -0.999. The number of methoxy groups -OCH3 is 1. The van der Waals surface area contributed by atoms with Crippen molar-refractivity contribution >= 4 is 11.7 Å². The Kier molecular flexibility index (Phi) is 6.62. The minimum atomic E-state index is -1.11. The van der Waals surface area contributed by atoms with Crippen molar-refractivity contribution in [2.75, 3.05) is 39.3 Å². The van der Waals surface area contributed by atoms with Crippen LogP contribution in [0.4, 0.5) is 5.69 Å². The summed E-state index contributed by atoms with van der Waals surface area (Å²) in [5, 5.41) is 8.88. The molecule has 0 saturated carbocycles. The summed E-state index contributed by atoms with van der Waals surface area (Å²) >= 11 is 0. The molecular weight excluding hydrogens is 252 g/mol. The Bertz CT molecular complexity index is 411. The largest absolute Gasteiger partial charge is 0.478 e. The van der Waals surface area contributed by atoms with Crippen LogP contribution in [0.1, 0.15) is 16.8 Å². The molecule has 1 rings (SSSR count). The number of aromatic nitrogens is 1. The molecule has 1 heterocycles. The summed E-state index contributed by atoms with van der Waals surface area (Å²) in [6, 6.07) is 1.33. The third-order valence-electron chi connectivity index (χ3n) is 2.29. The first-order valence-corrected chi connectivity index (χ1v) is 5.84. The number of pyridine rings is 1. The second kappa shape index (κ2) is 8.28. The van der Waals surface area contributed by atoms with E-state index in [9.17, 15) is 4.79 Å². The molecule has 0 fully saturated rings. The molecule has 0 aromatic carbocycles. The monoisotopic (exact) mass is 270 g/mol. The van der Waals surface area contributed by atoms with Crippen LogP contribution >= 0.6 is 0 Å². The zero-order chi connectivity index (χ0) is 14.1. The third kappa shape index (κ3) is 5.11. The van der Waals surface area contributed by atoms with Gasteiger partial charge in [-0.15, -0.1) is 0 Å². The molecule has 0 aliphatic heterocycles. The van der Waals surface area contributed by atoms with Crippen LogP contribution in [0, 0.1) is 0 Å². The number of rotatable bonds is 9. The van der Waals surface area contributed by atoms with Crippen molar-refractivity contribution in [1.29, 1.82) is 0 Å². The predicted molar refractivity (Wildman–Crippen MR) is 68.4 cm³/mol. The number of carboxylic acid groups (broad SMARTS) is 1. The van der Waals surface area contributed by atoms with Crippen LogP contribution in [0.25, 0.3) is 0 Å². The Morgan fingerprint density at radius 1 is 1.37 bits per heavy atom. The highest BCUT2D eigenvalue weighted by Crippen LogP contribution is 2.21. The number of nitrogens with zero attached hydrogens (tertiary/aromatic N) is 1. The molecule has 0 spiro atoms. The zero-order valence-electron chi connectivity index (χ0n) is 10.8. The average Bonchev–Trinajstić information content (AvgIpc) is 2.39. The van der Waals surface area contributed by atoms with Gasteiger partial charge in [-0.25, -0.2) is 9.78 Å². The second-order valence-corrected chi connectivity index (χ2v) is 3.69. The molecule has 7 heteroatoms. The van der Waals surface area contributed by atoms with E-state index in [0.29, 0.717) is 19.8 Å². The van der Waals surface area contributed by atoms with Crippen LogP contribution in [-0.2, 0) is 9.47 Å². The van der Waals surface area contributed by atoms with Crippen LogP contribution in [0.3, 0.4) is 0 Å². The summed E-state index contributed by atoms with van der Waals surface area (Å²) in [6.07, 6.45) is 2.15. The Morgan fingerprint density at radius 3 is 2.84 bits per heavy atom. The van der Waals surface area contributed by atoms with Gasteiger partial charge in [0.1, 0.15) is 12.3 Å². The maximum atomic E-state index is 10.9. The summed E-state index contributed by atoms with van der Waals surface area (Å²) in [6.45, 7) is 1.86. The molecule has 0 radical (unpaired) electrons. The average molecular weight is 270 g/mol. The van der Waals surface area contributed by atoms with Gasteiger partial charge in [0, 0.05) is 26.5 Å². The minimum Gasteiger partial charge on any atom is -0.478 e. The molecule has 7 nitrogen and oxygen atoms in total. The van der Waals surface area contributed by atoms with Gasteiger partial charge in [-0.3, -0.25) is 0 Å². The molecule has 0 atom stereocenters. The van der Waals surface area contributed by atoms with Gasteiger partial charge >= 0.3 is 5.97 Å². The van der Waals surface area contributed by atoms with E-state index in [-0.39, 0.29) is 23.7 Å². The fourth-order valence-corrected chi connectivity index (χ4v) is 1.36. The number of nitrogens with two attached hydrogens (primary N) is 1. The van der Waals surface area contributed by atoms with Crippen LogP contribution in [-0.4, -0.2) is 49.6 Å². The van der Waals surface area contributed by atoms with E-state index in [1.54, 1.807) is 7.11 Å². The number of aromatic carboxylic acids is 1. The maximum Gasteiger partial charge on any atom is 0.338 e. The van der Waals surface area contributed by atoms with Gasteiger partial charge in [0.25, 0.3) is 0 Å². The number of carboxylic acids is 1. The van der Waals surface area contributed by atoms with Crippen molar-refractivity contribution < 1.29 is 24.1 Å². The lowest BCUT2D eigenvalue weighted by Crippen LogP contribution is -2.12. The molecule has 1 aromatic heterocycles. The zero-order valence-corrected chi connectivity index (χ0v) is 10.8. The summed E-state index contributed by atoms with van der Waals surface area (Å²) in [7, 11) is 1.63. The van der Waals surface area contributed by atoms with Gasteiger partial charge in [-0.1, -0.05) is 0 Å². The first-order chi connectivity index (χ1) is 9.16. The Balaban J connectivity index is 2.33. The lowest BCUT2D eigenvalue weighted by Gasteiger charge is -2.09. The van der Waals surface area contributed by atoms with Crippen LogP contribution in [0.2, 0.25) is 0 Å². The quantitative estimate of drug-likeness (QED) is 0.639. The smallest absolute Gasteiger partial charge is 0.338 e. The van der Waals surface area contributed by atoms with Gasteiger partial charge in [0.2, 0.25) is 5.88 Å².